The number of nitrogens with one attached hydrogen (secondary N) is 1. The maximum atomic E-state index is 4.32. The summed E-state index contributed by atoms with van der Waals surface area (Å²) in [7, 11) is 0. The van der Waals surface area contributed by atoms with E-state index >= 15 is 0 Å². The minimum atomic E-state index is 0.789. The molecule has 0 saturated heterocycles. The third kappa shape index (κ3) is 1.50. The van der Waals surface area contributed by atoms with Crippen molar-refractivity contribution in [2.45, 2.75) is 0 Å². The zero-order chi connectivity index (χ0) is 8.72. The van der Waals surface area contributed by atoms with Gasteiger partial charge in [-0.1, -0.05) is 0 Å². The molecule has 0 aliphatic rings. The van der Waals surface area contributed by atoms with Gasteiger partial charge in [-0.15, -0.1) is 0 Å². The summed E-state index contributed by atoms with van der Waals surface area (Å²) in [6.45, 7) is 0. The van der Waals surface area contributed by atoms with Crippen molar-refractivity contribution in [2.75, 3.05) is 0 Å². The molecule has 1 aromatic heterocycles. The van der Waals surface area contributed by atoms with Crippen molar-refractivity contribution in [3.8, 4) is 0 Å². The minimum absolute atomic E-state index is 0.789. The summed E-state index contributed by atoms with van der Waals surface area (Å²) in [5.74, 6) is 0. The molecule has 0 bridgehead atoms. The van der Waals surface area contributed by atoms with E-state index in [0.29, 0.717) is 0 Å². The normalized spacial score (nSPS) is 10.9. The molecule has 62 valence electrons. The smallest absolute Gasteiger partial charge is 0.175 e. The first-order valence-electron chi connectivity index (χ1n) is 3.17. The highest BCUT2D eigenvalue weighted by Gasteiger charge is 2.06. The fraction of sp³-hybridized carbons (Fsp3) is 0. The average molecular weight is 449 g/mol. The average Bonchev–Trinajstić information content (AvgIpc) is 2.39. The molecule has 0 aliphatic heterocycles. The number of H-pyrrole nitrogens is 1. The summed E-state index contributed by atoms with van der Waals surface area (Å²) in [5, 5.41) is 0. The summed E-state index contributed by atoms with van der Waals surface area (Å²) in [4.78, 5) is 7.45. The van der Waals surface area contributed by atoms with Crippen molar-refractivity contribution in [1.29, 1.82) is 0 Å². The van der Waals surface area contributed by atoms with Crippen LogP contribution in [0, 0.1) is 7.14 Å². The molecule has 0 spiro atoms. The highest BCUT2D eigenvalue weighted by Crippen LogP contribution is 2.24. The van der Waals surface area contributed by atoms with Crippen LogP contribution in [0.15, 0.2) is 16.9 Å². The predicted molar refractivity (Wildman–Crippen MR) is 69.2 cm³/mol. The van der Waals surface area contributed by atoms with Gasteiger partial charge >= 0.3 is 0 Å². The molecule has 0 amide bonds. The summed E-state index contributed by atoms with van der Waals surface area (Å²) in [5.41, 5.74) is 2.11. The molecule has 0 aliphatic carbocycles. The van der Waals surface area contributed by atoms with E-state index in [9.17, 15) is 0 Å². The van der Waals surface area contributed by atoms with Crippen molar-refractivity contribution >= 4 is 72.1 Å². The Labute approximate surface area is 105 Å². The number of aromatic amines is 1. The van der Waals surface area contributed by atoms with Gasteiger partial charge in [0.2, 0.25) is 0 Å². The Morgan fingerprint density at radius 3 is 2.83 bits per heavy atom. The van der Waals surface area contributed by atoms with Gasteiger partial charge in [0.25, 0.3) is 0 Å². The van der Waals surface area contributed by atoms with Crippen molar-refractivity contribution in [3.05, 3.63) is 24.0 Å². The van der Waals surface area contributed by atoms with Crippen LogP contribution in [0.1, 0.15) is 0 Å². The van der Waals surface area contributed by atoms with E-state index in [0.717, 1.165) is 15.8 Å². The first kappa shape index (κ1) is 9.20. The first-order valence-corrected chi connectivity index (χ1v) is 6.13. The third-order valence-electron chi connectivity index (χ3n) is 1.52. The van der Waals surface area contributed by atoms with Crippen LogP contribution in [0.4, 0.5) is 0 Å². The Morgan fingerprint density at radius 2 is 2.08 bits per heavy atom. The molecule has 2 nitrogen and oxygen atoms in total. The number of rotatable bonds is 0. The van der Waals surface area contributed by atoms with E-state index in [2.05, 4.69) is 77.1 Å². The molecule has 0 radical (unpaired) electrons. The monoisotopic (exact) mass is 448 g/mol. The van der Waals surface area contributed by atoms with E-state index in [4.69, 9.17) is 0 Å². The molecule has 0 atom stereocenters. The molecule has 5 heteroatoms. The van der Waals surface area contributed by atoms with E-state index in [1.54, 1.807) is 0 Å². The maximum Gasteiger partial charge on any atom is 0.175 e. The molecule has 0 fully saturated rings. The maximum absolute atomic E-state index is 4.32. The van der Waals surface area contributed by atoms with Crippen LogP contribution in [0.3, 0.4) is 0 Å². The number of benzene rings is 1. The van der Waals surface area contributed by atoms with Crippen molar-refractivity contribution < 1.29 is 0 Å². The molecule has 12 heavy (non-hydrogen) atoms. The van der Waals surface area contributed by atoms with Gasteiger partial charge in [-0.25, -0.2) is 4.98 Å². The fourth-order valence-electron chi connectivity index (χ4n) is 0.987. The summed E-state index contributed by atoms with van der Waals surface area (Å²) in [6, 6.07) is 4.12. The largest absolute Gasteiger partial charge is 0.332 e. The van der Waals surface area contributed by atoms with Crippen LogP contribution >= 0.6 is 61.1 Å². The zero-order valence-corrected chi connectivity index (χ0v) is 11.6. The highest BCUT2D eigenvalue weighted by atomic mass is 127. The van der Waals surface area contributed by atoms with Crippen LogP contribution in [0.25, 0.3) is 11.0 Å². The van der Waals surface area contributed by atoms with Crippen LogP contribution in [0.5, 0.6) is 0 Å². The zero-order valence-electron chi connectivity index (χ0n) is 5.74. The summed E-state index contributed by atoms with van der Waals surface area (Å²) < 4.78 is 3.23. The second-order valence-corrected chi connectivity index (χ2v) is 5.28. The lowest BCUT2D eigenvalue weighted by molar-refractivity contribution is 1.27. The van der Waals surface area contributed by atoms with Crippen LogP contribution in [0.2, 0.25) is 0 Å². The Hall–Kier alpha value is 0.630. The first-order chi connectivity index (χ1) is 5.68. The van der Waals surface area contributed by atoms with Gasteiger partial charge in [-0.2, -0.15) is 0 Å². The predicted octanol–water partition coefficient (Wildman–Crippen LogP) is 3.53. The summed E-state index contributed by atoms with van der Waals surface area (Å²) in [6.07, 6.45) is 0. The quantitative estimate of drug-likeness (QED) is 0.614. The van der Waals surface area contributed by atoms with Gasteiger partial charge in [0.15, 0.2) is 4.73 Å². The molecule has 2 aromatic rings. The molecule has 1 aromatic carbocycles. The SMILES string of the molecule is Brc1nc2c(I)c(I)ccc2[nH]1. The van der Waals surface area contributed by atoms with Gasteiger partial charge < -0.3 is 4.98 Å². The van der Waals surface area contributed by atoms with Crippen LogP contribution in [-0.2, 0) is 0 Å². The fourth-order valence-corrected chi connectivity index (χ4v) is 2.40. The van der Waals surface area contributed by atoms with E-state index in [1.807, 2.05) is 6.07 Å². The number of halogens is 3. The highest BCUT2D eigenvalue weighted by molar-refractivity contribution is 14.1. The molecule has 0 saturated carbocycles. The standard InChI is InChI=1S/C7H3BrI2N2/c8-7-11-4-2-1-3(9)5(10)6(4)12-7/h1-2H,(H,11,12). The van der Waals surface area contributed by atoms with E-state index < -0.39 is 0 Å². The number of nitrogens with zero attached hydrogens (tertiary/aromatic N) is 1. The van der Waals surface area contributed by atoms with Crippen molar-refractivity contribution in [2.24, 2.45) is 0 Å². The number of aromatic nitrogens is 2. The van der Waals surface area contributed by atoms with Crippen LogP contribution < -0.4 is 0 Å². The third-order valence-corrected chi connectivity index (χ3v) is 4.92. The Balaban J connectivity index is 2.89. The van der Waals surface area contributed by atoms with Crippen LogP contribution in [-0.4, -0.2) is 9.97 Å². The van der Waals surface area contributed by atoms with Crippen molar-refractivity contribution in [1.82, 2.24) is 9.97 Å². The number of fused-ring (bicyclic) bond motifs is 1. The second kappa shape index (κ2) is 3.41. The van der Waals surface area contributed by atoms with Gasteiger partial charge in [-0.05, 0) is 73.2 Å². The van der Waals surface area contributed by atoms with Gasteiger partial charge in [-0.3, -0.25) is 0 Å². The lowest BCUT2D eigenvalue weighted by atomic mass is 10.3. The van der Waals surface area contributed by atoms with E-state index in [-0.39, 0.29) is 0 Å². The van der Waals surface area contributed by atoms with Gasteiger partial charge in [0.05, 0.1) is 9.09 Å². The summed E-state index contributed by atoms with van der Waals surface area (Å²) >= 11 is 7.92. The van der Waals surface area contributed by atoms with E-state index in [1.165, 1.54) is 7.14 Å². The van der Waals surface area contributed by atoms with Crippen molar-refractivity contribution in [3.63, 3.8) is 0 Å². The molecule has 0 unspecified atom stereocenters. The topological polar surface area (TPSA) is 28.7 Å². The molecule has 1 heterocycles. The Morgan fingerprint density at radius 1 is 1.33 bits per heavy atom. The number of hydrogen-bond acceptors (Lipinski definition) is 1. The second-order valence-electron chi connectivity index (χ2n) is 2.29. The van der Waals surface area contributed by atoms with Gasteiger partial charge in [0, 0.05) is 3.57 Å². The molecular weight excluding hydrogens is 446 g/mol. The van der Waals surface area contributed by atoms with Gasteiger partial charge in [0.1, 0.15) is 5.52 Å². The minimum Gasteiger partial charge on any atom is -0.332 e. The molecule has 2 rings (SSSR count). The Bertz CT molecular complexity index is 438. The lowest BCUT2D eigenvalue weighted by Crippen LogP contribution is -1.80. The molecule has 1 N–H and O–H groups in total. The number of imidazole rings is 1. The Kier molecular flexibility index (Phi) is 2.61. The molecular formula is C7H3BrI2N2. The number of hydrogen-bond donors (Lipinski definition) is 1. The lowest BCUT2D eigenvalue weighted by Gasteiger charge is -1.94.